The summed E-state index contributed by atoms with van der Waals surface area (Å²) in [6, 6.07) is 7.10. The average molecular weight is 348 g/mol. The van der Waals surface area contributed by atoms with E-state index in [1.807, 2.05) is 19.1 Å². The fourth-order valence-corrected chi connectivity index (χ4v) is 4.03. The Morgan fingerprint density at radius 1 is 1.42 bits per heavy atom. The number of carbonyl (C=O) groups is 2. The molecule has 3 aliphatic rings. The Morgan fingerprint density at radius 2 is 2.17 bits per heavy atom. The topological polar surface area (TPSA) is 55.8 Å². The highest BCUT2D eigenvalue weighted by Gasteiger charge is 2.67. The summed E-state index contributed by atoms with van der Waals surface area (Å²) >= 11 is 5.92. The molecule has 1 amide bonds. The van der Waals surface area contributed by atoms with Crippen molar-refractivity contribution in [3.8, 4) is 0 Å². The van der Waals surface area contributed by atoms with Gasteiger partial charge in [-0.05, 0) is 30.7 Å². The molecule has 0 radical (unpaired) electrons. The van der Waals surface area contributed by atoms with Crippen molar-refractivity contribution in [2.75, 3.05) is 18.1 Å². The molecule has 1 spiro atoms. The van der Waals surface area contributed by atoms with Crippen LogP contribution in [0.15, 0.2) is 36.4 Å². The van der Waals surface area contributed by atoms with Crippen LogP contribution in [0.4, 0.5) is 5.69 Å². The minimum absolute atomic E-state index is 0.0948. The van der Waals surface area contributed by atoms with Gasteiger partial charge >= 0.3 is 5.97 Å². The van der Waals surface area contributed by atoms with Gasteiger partial charge in [0.1, 0.15) is 11.5 Å². The van der Waals surface area contributed by atoms with Gasteiger partial charge in [-0.2, -0.15) is 0 Å². The Morgan fingerprint density at radius 3 is 2.88 bits per heavy atom. The largest absolute Gasteiger partial charge is 0.465 e. The van der Waals surface area contributed by atoms with Crippen molar-refractivity contribution < 1.29 is 19.1 Å². The molecule has 0 aliphatic carbocycles. The van der Waals surface area contributed by atoms with E-state index in [1.54, 1.807) is 29.2 Å². The number of ether oxygens (including phenoxy) is 2. The summed E-state index contributed by atoms with van der Waals surface area (Å²) < 4.78 is 11.3. The monoisotopic (exact) mass is 347 g/mol. The van der Waals surface area contributed by atoms with Crippen molar-refractivity contribution in [1.82, 2.24) is 0 Å². The summed E-state index contributed by atoms with van der Waals surface area (Å²) in [4.78, 5) is 27.1. The molecule has 0 unspecified atom stereocenters. The second-order valence-electron chi connectivity index (χ2n) is 6.47. The second-order valence-corrected chi connectivity index (χ2v) is 6.90. The summed E-state index contributed by atoms with van der Waals surface area (Å²) in [6.45, 7) is 2.71. The summed E-state index contributed by atoms with van der Waals surface area (Å²) in [7, 11) is 0. The number of hydrogen-bond acceptors (Lipinski definition) is 4. The molecule has 5 nitrogen and oxygen atoms in total. The van der Waals surface area contributed by atoms with Crippen LogP contribution in [-0.2, 0) is 19.1 Å². The van der Waals surface area contributed by atoms with Crippen molar-refractivity contribution in [2.45, 2.75) is 25.0 Å². The van der Waals surface area contributed by atoms with Gasteiger partial charge in [0.2, 0.25) is 5.91 Å². The third kappa shape index (κ3) is 2.19. The van der Waals surface area contributed by atoms with Crippen molar-refractivity contribution in [2.24, 2.45) is 11.8 Å². The van der Waals surface area contributed by atoms with Crippen molar-refractivity contribution in [3.63, 3.8) is 0 Å². The van der Waals surface area contributed by atoms with Gasteiger partial charge in [0.25, 0.3) is 0 Å². The number of hydrogen-bond donors (Lipinski definition) is 0. The standard InChI is InChI=1S/C18H18ClNO4/c1-2-9-23-17(22)14-13-7-8-18(24-13)10-20(16(21)15(14)18)12-5-3-11(19)4-6-12/h3-8,13-15H,2,9-10H2,1H3/t13-,14+,15-,18+/m0/s1. The third-order valence-electron chi connectivity index (χ3n) is 4.96. The van der Waals surface area contributed by atoms with E-state index in [0.29, 0.717) is 18.2 Å². The van der Waals surface area contributed by atoms with Gasteiger partial charge in [0, 0.05) is 10.7 Å². The predicted octanol–water partition coefficient (Wildman–Crippen LogP) is 2.58. The number of carbonyl (C=O) groups excluding carboxylic acids is 2. The van der Waals surface area contributed by atoms with Gasteiger partial charge in [0.05, 0.1) is 25.2 Å². The van der Waals surface area contributed by atoms with Gasteiger partial charge < -0.3 is 14.4 Å². The Bertz CT molecular complexity index is 716. The summed E-state index contributed by atoms with van der Waals surface area (Å²) in [6.07, 6.45) is 4.20. The zero-order chi connectivity index (χ0) is 16.9. The maximum absolute atomic E-state index is 13.0. The number of esters is 1. The van der Waals surface area contributed by atoms with E-state index < -0.39 is 17.4 Å². The fourth-order valence-electron chi connectivity index (χ4n) is 3.91. The van der Waals surface area contributed by atoms with Crippen LogP contribution in [-0.4, -0.2) is 36.7 Å². The fraction of sp³-hybridized carbons (Fsp3) is 0.444. The average Bonchev–Trinajstić information content (AvgIpc) is 3.22. The van der Waals surface area contributed by atoms with Crippen LogP contribution in [0, 0.1) is 11.8 Å². The summed E-state index contributed by atoms with van der Waals surface area (Å²) in [5.41, 5.74) is 0.0337. The molecule has 6 heteroatoms. The second kappa shape index (κ2) is 5.60. The number of nitrogens with zero attached hydrogens (tertiary/aromatic N) is 1. The normalized spacial score (nSPS) is 33.2. The number of benzene rings is 1. The van der Waals surface area contributed by atoms with E-state index in [4.69, 9.17) is 21.1 Å². The van der Waals surface area contributed by atoms with Crippen LogP contribution < -0.4 is 4.90 Å². The molecule has 0 N–H and O–H groups in total. The van der Waals surface area contributed by atoms with Crippen LogP contribution in [0.5, 0.6) is 0 Å². The molecule has 126 valence electrons. The van der Waals surface area contributed by atoms with Crippen LogP contribution in [0.1, 0.15) is 13.3 Å². The maximum Gasteiger partial charge on any atom is 0.312 e. The molecule has 4 rings (SSSR count). The molecule has 24 heavy (non-hydrogen) atoms. The lowest BCUT2D eigenvalue weighted by molar-refractivity contribution is -0.152. The van der Waals surface area contributed by atoms with Crippen molar-refractivity contribution in [3.05, 3.63) is 41.4 Å². The van der Waals surface area contributed by atoms with E-state index in [0.717, 1.165) is 12.1 Å². The Balaban J connectivity index is 1.64. The number of rotatable bonds is 4. The number of amides is 1. The molecule has 2 fully saturated rings. The lowest BCUT2D eigenvalue weighted by Crippen LogP contribution is -2.40. The molecule has 3 heterocycles. The van der Waals surface area contributed by atoms with Crippen LogP contribution in [0.25, 0.3) is 0 Å². The van der Waals surface area contributed by atoms with E-state index in [2.05, 4.69) is 0 Å². The smallest absolute Gasteiger partial charge is 0.312 e. The minimum Gasteiger partial charge on any atom is -0.465 e. The summed E-state index contributed by atoms with van der Waals surface area (Å²) in [5.74, 6) is -1.52. The van der Waals surface area contributed by atoms with Gasteiger partial charge in [-0.1, -0.05) is 30.7 Å². The molecular formula is C18H18ClNO4. The molecule has 2 saturated heterocycles. The quantitative estimate of drug-likeness (QED) is 0.620. The molecule has 1 aromatic carbocycles. The lowest BCUT2D eigenvalue weighted by Gasteiger charge is -2.22. The van der Waals surface area contributed by atoms with Crippen LogP contribution >= 0.6 is 11.6 Å². The molecule has 1 aromatic rings. The summed E-state index contributed by atoms with van der Waals surface area (Å²) in [5, 5.41) is 0.613. The molecule has 2 bridgehead atoms. The SMILES string of the molecule is CCCOC(=O)[C@@H]1[C@@H]2C=C[C@]3(CN(c4ccc(Cl)cc4)C(=O)[C@H]13)O2. The highest BCUT2D eigenvalue weighted by molar-refractivity contribution is 6.30. The van der Waals surface area contributed by atoms with Crippen molar-refractivity contribution >= 4 is 29.2 Å². The van der Waals surface area contributed by atoms with Gasteiger partial charge in [-0.15, -0.1) is 0 Å². The first-order valence-electron chi connectivity index (χ1n) is 8.16. The highest BCUT2D eigenvalue weighted by Crippen LogP contribution is 2.52. The first-order chi connectivity index (χ1) is 11.6. The predicted molar refractivity (Wildman–Crippen MR) is 88.8 cm³/mol. The van der Waals surface area contributed by atoms with E-state index in [9.17, 15) is 9.59 Å². The van der Waals surface area contributed by atoms with Crippen molar-refractivity contribution in [1.29, 1.82) is 0 Å². The van der Waals surface area contributed by atoms with Crippen LogP contribution in [0.2, 0.25) is 5.02 Å². The number of anilines is 1. The highest BCUT2D eigenvalue weighted by atomic mass is 35.5. The van der Waals surface area contributed by atoms with E-state index >= 15 is 0 Å². The number of fused-ring (bicyclic) bond motifs is 1. The number of halogens is 1. The first kappa shape index (κ1) is 15.7. The zero-order valence-corrected chi connectivity index (χ0v) is 14.0. The van der Waals surface area contributed by atoms with Gasteiger partial charge in [0.15, 0.2) is 0 Å². The maximum atomic E-state index is 13.0. The Labute approximate surface area is 145 Å². The molecule has 4 atom stereocenters. The van der Waals surface area contributed by atoms with E-state index in [-0.39, 0.29) is 18.0 Å². The third-order valence-corrected chi connectivity index (χ3v) is 5.21. The van der Waals surface area contributed by atoms with Gasteiger partial charge in [-0.3, -0.25) is 9.59 Å². The first-order valence-corrected chi connectivity index (χ1v) is 8.54. The molecular weight excluding hydrogens is 330 g/mol. The Hall–Kier alpha value is -1.85. The van der Waals surface area contributed by atoms with Crippen LogP contribution in [0.3, 0.4) is 0 Å². The molecule has 3 aliphatic heterocycles. The molecule has 0 saturated carbocycles. The lowest BCUT2D eigenvalue weighted by atomic mass is 9.77. The Kier molecular flexibility index (Phi) is 3.66. The van der Waals surface area contributed by atoms with Gasteiger partial charge in [-0.25, -0.2) is 0 Å². The minimum atomic E-state index is -0.725. The zero-order valence-electron chi connectivity index (χ0n) is 13.3. The van der Waals surface area contributed by atoms with E-state index in [1.165, 1.54) is 0 Å². The molecule has 0 aromatic heterocycles.